The molecule has 0 radical (unpaired) electrons. The van der Waals surface area contributed by atoms with Crippen molar-refractivity contribution in [3.8, 4) is 0 Å². The predicted molar refractivity (Wildman–Crippen MR) is 99.5 cm³/mol. The van der Waals surface area contributed by atoms with Crippen LogP contribution >= 0.6 is 0 Å². The van der Waals surface area contributed by atoms with Crippen LogP contribution in [0.2, 0.25) is 0 Å². The van der Waals surface area contributed by atoms with Gasteiger partial charge < -0.3 is 15.1 Å². The summed E-state index contributed by atoms with van der Waals surface area (Å²) in [6, 6.07) is 3.91. The van der Waals surface area contributed by atoms with E-state index in [0.717, 1.165) is 44.5 Å². The van der Waals surface area contributed by atoms with Crippen molar-refractivity contribution in [2.45, 2.75) is 57.4 Å². The molecule has 0 aromatic carbocycles. The second kappa shape index (κ2) is 9.76. The SMILES string of the molecule is O=C(CNC(=O)C1CCCCC1)NCC(c1ccco1)N1CCCCC1. The van der Waals surface area contributed by atoms with Gasteiger partial charge in [0.05, 0.1) is 18.8 Å². The first-order valence-electron chi connectivity index (χ1n) is 10.1. The number of rotatable bonds is 7. The highest BCUT2D eigenvalue weighted by Crippen LogP contribution is 2.25. The fraction of sp³-hybridized carbons (Fsp3) is 0.700. The number of nitrogens with one attached hydrogen (secondary N) is 2. The summed E-state index contributed by atoms with van der Waals surface area (Å²) >= 11 is 0. The molecule has 2 N–H and O–H groups in total. The van der Waals surface area contributed by atoms with Gasteiger partial charge in [-0.1, -0.05) is 25.7 Å². The van der Waals surface area contributed by atoms with Crippen LogP contribution in [0.1, 0.15) is 63.2 Å². The van der Waals surface area contributed by atoms with E-state index in [-0.39, 0.29) is 30.3 Å². The van der Waals surface area contributed by atoms with E-state index in [0.29, 0.717) is 6.54 Å². The first-order chi connectivity index (χ1) is 12.7. The van der Waals surface area contributed by atoms with E-state index in [2.05, 4.69) is 15.5 Å². The lowest BCUT2D eigenvalue weighted by atomic mass is 9.89. The highest BCUT2D eigenvalue weighted by atomic mass is 16.3. The van der Waals surface area contributed by atoms with Gasteiger partial charge >= 0.3 is 0 Å². The summed E-state index contributed by atoms with van der Waals surface area (Å²) < 4.78 is 5.60. The first-order valence-corrected chi connectivity index (χ1v) is 10.1. The molecule has 0 bridgehead atoms. The second-order valence-electron chi connectivity index (χ2n) is 7.48. The van der Waals surface area contributed by atoms with E-state index < -0.39 is 0 Å². The molecular weight excluding hydrogens is 330 g/mol. The topological polar surface area (TPSA) is 74.6 Å². The zero-order valence-electron chi connectivity index (χ0n) is 15.5. The van der Waals surface area contributed by atoms with Crippen LogP contribution in [0, 0.1) is 5.92 Å². The Kier molecular flexibility index (Phi) is 7.12. The third kappa shape index (κ3) is 5.34. The Morgan fingerprint density at radius 3 is 2.50 bits per heavy atom. The standard InChI is InChI=1S/C20H31N3O3/c24-19(15-22-20(25)16-8-3-1-4-9-16)21-14-17(18-10-7-13-26-18)23-11-5-2-6-12-23/h7,10,13,16-17H,1-6,8-9,11-12,14-15H2,(H,21,24)(H,22,25). The average molecular weight is 361 g/mol. The lowest BCUT2D eigenvalue weighted by molar-refractivity contribution is -0.129. The quantitative estimate of drug-likeness (QED) is 0.783. The van der Waals surface area contributed by atoms with Gasteiger partial charge in [0.25, 0.3) is 0 Å². The van der Waals surface area contributed by atoms with Crippen LogP contribution in [0.15, 0.2) is 22.8 Å². The number of carbonyl (C=O) groups is 2. The van der Waals surface area contributed by atoms with Crippen LogP contribution in [-0.2, 0) is 9.59 Å². The summed E-state index contributed by atoms with van der Waals surface area (Å²) in [5.74, 6) is 0.861. The molecule has 1 saturated carbocycles. The zero-order valence-corrected chi connectivity index (χ0v) is 15.5. The van der Waals surface area contributed by atoms with Crippen molar-refractivity contribution in [2.75, 3.05) is 26.2 Å². The van der Waals surface area contributed by atoms with Crippen molar-refractivity contribution >= 4 is 11.8 Å². The number of hydrogen-bond acceptors (Lipinski definition) is 4. The van der Waals surface area contributed by atoms with Crippen LogP contribution in [0.4, 0.5) is 0 Å². The van der Waals surface area contributed by atoms with Crippen LogP contribution < -0.4 is 10.6 Å². The molecule has 1 atom stereocenters. The van der Waals surface area contributed by atoms with Gasteiger partial charge in [-0.2, -0.15) is 0 Å². The van der Waals surface area contributed by atoms with Gasteiger partial charge in [-0.25, -0.2) is 0 Å². The number of carbonyl (C=O) groups excluding carboxylic acids is 2. The minimum absolute atomic E-state index is 0.0264. The molecule has 6 heteroatoms. The summed E-state index contributed by atoms with van der Waals surface area (Å²) in [6.07, 6.45) is 10.7. The van der Waals surface area contributed by atoms with Gasteiger partial charge in [-0.05, 0) is 50.9 Å². The van der Waals surface area contributed by atoms with Crippen molar-refractivity contribution in [2.24, 2.45) is 5.92 Å². The number of nitrogens with zero attached hydrogens (tertiary/aromatic N) is 1. The maximum Gasteiger partial charge on any atom is 0.239 e. The minimum atomic E-state index is -0.136. The van der Waals surface area contributed by atoms with Gasteiger partial charge in [0.1, 0.15) is 5.76 Å². The summed E-state index contributed by atoms with van der Waals surface area (Å²) in [7, 11) is 0. The Balaban J connectivity index is 1.45. The molecule has 1 aliphatic carbocycles. The molecule has 2 heterocycles. The Hall–Kier alpha value is -1.82. The Labute approximate surface area is 155 Å². The fourth-order valence-corrected chi connectivity index (χ4v) is 4.07. The van der Waals surface area contributed by atoms with Crippen LogP contribution in [0.3, 0.4) is 0 Å². The number of hydrogen-bond donors (Lipinski definition) is 2. The molecule has 1 aliphatic heterocycles. The van der Waals surface area contributed by atoms with E-state index in [1.807, 2.05) is 12.1 Å². The zero-order chi connectivity index (χ0) is 18.2. The summed E-state index contributed by atoms with van der Waals surface area (Å²) in [5.41, 5.74) is 0. The smallest absolute Gasteiger partial charge is 0.239 e. The van der Waals surface area contributed by atoms with E-state index >= 15 is 0 Å². The average Bonchev–Trinajstić information content (AvgIpc) is 3.22. The van der Waals surface area contributed by atoms with Crippen molar-refractivity contribution < 1.29 is 14.0 Å². The molecule has 6 nitrogen and oxygen atoms in total. The predicted octanol–water partition coefficient (Wildman–Crippen LogP) is 2.62. The maximum absolute atomic E-state index is 12.2. The van der Waals surface area contributed by atoms with E-state index in [1.165, 1.54) is 25.7 Å². The van der Waals surface area contributed by atoms with Crippen molar-refractivity contribution in [3.63, 3.8) is 0 Å². The van der Waals surface area contributed by atoms with E-state index in [1.54, 1.807) is 6.26 Å². The van der Waals surface area contributed by atoms with Crippen LogP contribution in [-0.4, -0.2) is 42.9 Å². The van der Waals surface area contributed by atoms with Gasteiger partial charge in [-0.15, -0.1) is 0 Å². The van der Waals surface area contributed by atoms with Gasteiger partial charge in [0.2, 0.25) is 11.8 Å². The lowest BCUT2D eigenvalue weighted by Gasteiger charge is -2.33. The van der Waals surface area contributed by atoms with Crippen LogP contribution in [0.25, 0.3) is 0 Å². The summed E-state index contributed by atoms with van der Waals surface area (Å²) in [5, 5.41) is 5.77. The monoisotopic (exact) mass is 361 g/mol. The Morgan fingerprint density at radius 2 is 1.81 bits per heavy atom. The lowest BCUT2D eigenvalue weighted by Crippen LogP contribution is -2.44. The van der Waals surface area contributed by atoms with E-state index in [9.17, 15) is 9.59 Å². The molecule has 1 saturated heterocycles. The van der Waals surface area contributed by atoms with E-state index in [4.69, 9.17) is 4.42 Å². The molecule has 26 heavy (non-hydrogen) atoms. The van der Waals surface area contributed by atoms with Crippen molar-refractivity contribution in [1.82, 2.24) is 15.5 Å². The molecule has 2 fully saturated rings. The van der Waals surface area contributed by atoms with Gasteiger partial charge in [0, 0.05) is 12.5 Å². The van der Waals surface area contributed by atoms with Crippen molar-refractivity contribution in [1.29, 1.82) is 0 Å². The second-order valence-corrected chi connectivity index (χ2v) is 7.48. The Morgan fingerprint density at radius 1 is 1.08 bits per heavy atom. The maximum atomic E-state index is 12.2. The summed E-state index contributed by atoms with van der Waals surface area (Å²) in [6.45, 7) is 2.62. The first kappa shape index (κ1) is 19.0. The highest BCUT2D eigenvalue weighted by molar-refractivity contribution is 5.85. The molecule has 3 rings (SSSR count). The fourth-order valence-electron chi connectivity index (χ4n) is 4.07. The molecule has 144 valence electrons. The Bertz CT molecular complexity index is 561. The highest BCUT2D eigenvalue weighted by Gasteiger charge is 2.25. The third-order valence-electron chi connectivity index (χ3n) is 5.59. The summed E-state index contributed by atoms with van der Waals surface area (Å²) in [4.78, 5) is 26.8. The molecule has 2 aliphatic rings. The molecule has 0 spiro atoms. The van der Waals surface area contributed by atoms with Crippen molar-refractivity contribution in [3.05, 3.63) is 24.2 Å². The molecule has 1 aromatic heterocycles. The van der Waals surface area contributed by atoms with Gasteiger partial charge in [0.15, 0.2) is 0 Å². The normalized spacial score (nSPS) is 20.5. The third-order valence-corrected chi connectivity index (χ3v) is 5.59. The minimum Gasteiger partial charge on any atom is -0.468 e. The molecule has 1 unspecified atom stereocenters. The van der Waals surface area contributed by atoms with Gasteiger partial charge in [-0.3, -0.25) is 14.5 Å². The molecule has 2 amide bonds. The number of piperidine rings is 1. The number of furan rings is 1. The molecule has 1 aromatic rings. The number of amides is 2. The number of likely N-dealkylation sites (tertiary alicyclic amines) is 1. The molecular formula is C20H31N3O3. The van der Waals surface area contributed by atoms with Crippen LogP contribution in [0.5, 0.6) is 0 Å². The largest absolute Gasteiger partial charge is 0.468 e.